The summed E-state index contributed by atoms with van der Waals surface area (Å²) in [6.45, 7) is 20.0. The third kappa shape index (κ3) is 13.4. The fourth-order valence-corrected chi connectivity index (χ4v) is 1.61. The highest BCUT2D eigenvalue weighted by Gasteiger charge is 2.06. The van der Waals surface area contributed by atoms with Crippen LogP contribution in [0, 0.1) is 0 Å². The van der Waals surface area contributed by atoms with E-state index in [-0.39, 0.29) is 7.43 Å². The van der Waals surface area contributed by atoms with Crippen LogP contribution in [0.1, 0.15) is 74.3 Å². The average molecular weight is 305 g/mol. The Labute approximate surface area is 141 Å². The molecule has 0 saturated heterocycles. The zero-order valence-corrected chi connectivity index (χ0v) is 15.5. The number of benzene rings is 1. The third-order valence-electron chi connectivity index (χ3n) is 2.47. The van der Waals surface area contributed by atoms with E-state index in [1.165, 1.54) is 11.1 Å². The van der Waals surface area contributed by atoms with Gasteiger partial charge in [-0.1, -0.05) is 117 Å². The van der Waals surface area contributed by atoms with Crippen molar-refractivity contribution in [3.8, 4) is 0 Å². The predicted octanol–water partition coefficient (Wildman–Crippen LogP) is 8.19. The summed E-state index contributed by atoms with van der Waals surface area (Å²) >= 11 is 0. The van der Waals surface area contributed by atoms with E-state index in [1.54, 1.807) is 0 Å². The molecular weight excluding hydrogens is 264 g/mol. The molecule has 0 aliphatic heterocycles. The molecule has 0 fully saturated rings. The van der Waals surface area contributed by atoms with Crippen molar-refractivity contribution in [2.45, 2.75) is 68.7 Å². The maximum atomic E-state index is 3.75. The number of hydrogen-bond donors (Lipinski definition) is 0. The van der Waals surface area contributed by atoms with Crippen LogP contribution in [0.3, 0.4) is 0 Å². The predicted molar refractivity (Wildman–Crippen MR) is 109 cm³/mol. The van der Waals surface area contributed by atoms with Crippen LogP contribution in [0.2, 0.25) is 0 Å². The summed E-state index contributed by atoms with van der Waals surface area (Å²) in [4.78, 5) is 0. The summed E-state index contributed by atoms with van der Waals surface area (Å²) in [5.41, 5.74) is 2.63. The van der Waals surface area contributed by atoms with E-state index in [4.69, 9.17) is 0 Å². The fraction of sp³-hybridized carbons (Fsp3) is 0.455. The van der Waals surface area contributed by atoms with Gasteiger partial charge in [0.1, 0.15) is 0 Å². The maximum absolute atomic E-state index is 3.75. The van der Waals surface area contributed by atoms with E-state index in [2.05, 4.69) is 56.0 Å². The minimum atomic E-state index is 0. The van der Waals surface area contributed by atoms with Crippen LogP contribution in [-0.2, 0) is 0 Å². The molecule has 1 rings (SSSR count). The highest BCUT2D eigenvalue weighted by molar-refractivity contribution is 5.35. The molecule has 0 aliphatic carbocycles. The average Bonchev–Trinajstić information content (AvgIpc) is 2.60. The Morgan fingerprint density at radius 3 is 1.77 bits per heavy atom. The van der Waals surface area contributed by atoms with Gasteiger partial charge in [0, 0.05) is 5.92 Å². The Morgan fingerprint density at radius 1 is 0.955 bits per heavy atom. The van der Waals surface area contributed by atoms with Gasteiger partial charge < -0.3 is 0 Å². The van der Waals surface area contributed by atoms with Gasteiger partial charge in [0.25, 0.3) is 0 Å². The van der Waals surface area contributed by atoms with Crippen LogP contribution in [-0.4, -0.2) is 0 Å². The Morgan fingerprint density at radius 2 is 1.41 bits per heavy atom. The van der Waals surface area contributed by atoms with Gasteiger partial charge in [-0.2, -0.15) is 0 Å². The van der Waals surface area contributed by atoms with Crippen molar-refractivity contribution >= 4 is 0 Å². The quantitative estimate of drug-likeness (QED) is 0.492. The van der Waals surface area contributed by atoms with Crippen molar-refractivity contribution in [3.63, 3.8) is 0 Å². The molecule has 0 aromatic heterocycles. The van der Waals surface area contributed by atoms with E-state index in [1.807, 2.05) is 60.6 Å². The van der Waals surface area contributed by atoms with Crippen LogP contribution < -0.4 is 0 Å². The largest absolute Gasteiger partial charge is 0.0991 e. The second kappa shape index (κ2) is 24.5. The molecule has 0 bridgehead atoms. The minimum absolute atomic E-state index is 0. The molecule has 1 atom stereocenters. The van der Waals surface area contributed by atoms with Gasteiger partial charge in [0.05, 0.1) is 0 Å². The minimum Gasteiger partial charge on any atom is -0.0991 e. The van der Waals surface area contributed by atoms with Crippen LogP contribution in [0.5, 0.6) is 0 Å². The molecule has 0 heteroatoms. The molecule has 1 aromatic carbocycles. The monoisotopic (exact) mass is 304 g/mol. The van der Waals surface area contributed by atoms with E-state index >= 15 is 0 Å². The second-order valence-electron chi connectivity index (χ2n) is 3.53. The topological polar surface area (TPSA) is 0 Å². The van der Waals surface area contributed by atoms with Gasteiger partial charge in [-0.25, -0.2) is 0 Å². The van der Waals surface area contributed by atoms with E-state index in [0.717, 1.165) is 0 Å². The Bertz CT molecular complexity index is 355. The molecule has 0 saturated carbocycles. The van der Waals surface area contributed by atoms with Crippen LogP contribution >= 0.6 is 0 Å². The zero-order valence-electron chi connectivity index (χ0n) is 15.5. The maximum Gasteiger partial charge on any atom is 0.00608 e. The second-order valence-corrected chi connectivity index (χ2v) is 3.53. The molecule has 0 N–H and O–H groups in total. The van der Waals surface area contributed by atoms with Crippen molar-refractivity contribution in [1.29, 1.82) is 0 Å². The number of allylic oxidation sites excluding steroid dienone is 5. The third-order valence-corrected chi connectivity index (χ3v) is 2.47. The lowest BCUT2D eigenvalue weighted by Crippen LogP contribution is -1.95. The normalized spacial score (nSPS) is 10.5. The number of rotatable bonds is 4. The van der Waals surface area contributed by atoms with Crippen molar-refractivity contribution in [2.24, 2.45) is 0 Å². The first-order valence-electron chi connectivity index (χ1n) is 8.29. The molecule has 0 nitrogen and oxygen atoms in total. The van der Waals surface area contributed by atoms with E-state index < -0.39 is 0 Å². The van der Waals surface area contributed by atoms with Gasteiger partial charge in [0.2, 0.25) is 0 Å². The Kier molecular flexibility index (Phi) is 31.8. The van der Waals surface area contributed by atoms with Crippen LogP contribution in [0.25, 0.3) is 0 Å². The van der Waals surface area contributed by atoms with Crippen LogP contribution in [0.4, 0.5) is 0 Å². The standard InChI is InChI=1S/C15H18.3C2H6.CH4/c1-4-9-14(10-5-2)13(3)15-11-7-6-8-12-15;3*1-2;/h4-13H,1H2,2-3H3;3*1-2H3;1H4/b10-5-,14-9+;;;;. The smallest absolute Gasteiger partial charge is 0.00608 e. The summed E-state index contributed by atoms with van der Waals surface area (Å²) in [7, 11) is 0. The summed E-state index contributed by atoms with van der Waals surface area (Å²) < 4.78 is 0. The van der Waals surface area contributed by atoms with Gasteiger partial charge in [-0.3, -0.25) is 0 Å². The van der Waals surface area contributed by atoms with Gasteiger partial charge in [0.15, 0.2) is 0 Å². The molecule has 0 aliphatic rings. The lowest BCUT2D eigenvalue weighted by atomic mass is 9.92. The zero-order chi connectivity index (χ0) is 17.1. The highest BCUT2D eigenvalue weighted by atomic mass is 14.1. The van der Waals surface area contributed by atoms with Crippen molar-refractivity contribution in [3.05, 3.63) is 72.4 Å². The molecule has 22 heavy (non-hydrogen) atoms. The Balaban J connectivity index is -0.000000206. The SMILES string of the molecule is C.C=C/C=C(\C=C/C)C(C)c1ccccc1.CC.CC.CC. The molecule has 1 unspecified atom stereocenters. The highest BCUT2D eigenvalue weighted by Crippen LogP contribution is 2.24. The van der Waals surface area contributed by atoms with E-state index in [9.17, 15) is 0 Å². The van der Waals surface area contributed by atoms with Gasteiger partial charge in [-0.05, 0) is 18.1 Å². The molecule has 0 spiro atoms. The summed E-state index contributed by atoms with van der Waals surface area (Å²) in [6, 6.07) is 10.5. The Hall–Kier alpha value is -1.56. The lowest BCUT2D eigenvalue weighted by Gasteiger charge is -2.12. The molecule has 0 heterocycles. The fourth-order valence-electron chi connectivity index (χ4n) is 1.61. The van der Waals surface area contributed by atoms with Crippen molar-refractivity contribution in [2.75, 3.05) is 0 Å². The first-order chi connectivity index (χ1) is 10.3. The first-order valence-corrected chi connectivity index (χ1v) is 8.29. The molecule has 0 amide bonds. The molecule has 1 aromatic rings. The van der Waals surface area contributed by atoms with Gasteiger partial charge >= 0.3 is 0 Å². The lowest BCUT2D eigenvalue weighted by molar-refractivity contribution is 0.921. The molecule has 128 valence electrons. The molecule has 0 radical (unpaired) electrons. The van der Waals surface area contributed by atoms with E-state index in [0.29, 0.717) is 5.92 Å². The number of hydrogen-bond acceptors (Lipinski definition) is 0. The van der Waals surface area contributed by atoms with Crippen molar-refractivity contribution in [1.82, 2.24) is 0 Å². The summed E-state index contributed by atoms with van der Waals surface area (Å²) in [5, 5.41) is 0. The summed E-state index contributed by atoms with van der Waals surface area (Å²) in [5.74, 6) is 0.417. The van der Waals surface area contributed by atoms with Crippen molar-refractivity contribution < 1.29 is 0 Å². The summed E-state index contributed by atoms with van der Waals surface area (Å²) in [6.07, 6.45) is 8.11. The van der Waals surface area contributed by atoms with Crippen LogP contribution in [0.15, 0.2) is 66.8 Å². The molecular formula is C22H40. The van der Waals surface area contributed by atoms with Gasteiger partial charge in [-0.15, -0.1) is 0 Å². The first kappa shape index (κ1) is 28.6.